The Hall–Kier alpha value is -1.45. The summed E-state index contributed by atoms with van der Waals surface area (Å²) in [5.41, 5.74) is 0.288. The van der Waals surface area contributed by atoms with Gasteiger partial charge in [-0.05, 0) is 43.5 Å². The summed E-state index contributed by atoms with van der Waals surface area (Å²) < 4.78 is 33.3. The molecule has 1 amide bonds. The molecule has 1 aromatic carbocycles. The molecular weight excluding hydrogens is 420 g/mol. The lowest BCUT2D eigenvalue weighted by molar-refractivity contribution is -0.0440. The Morgan fingerprint density at radius 3 is 2.57 bits per heavy atom. The predicted octanol–water partition coefficient (Wildman–Crippen LogP) is 3.47. The highest BCUT2D eigenvalue weighted by atomic mass is 35.5. The van der Waals surface area contributed by atoms with Crippen molar-refractivity contribution in [2.45, 2.75) is 37.5 Å². The Morgan fingerprint density at radius 1 is 1.29 bits per heavy atom. The molecule has 1 aromatic heterocycles. The number of ether oxygens (including phenoxy) is 1. The monoisotopic (exact) mass is 442 g/mol. The van der Waals surface area contributed by atoms with Crippen LogP contribution in [-0.4, -0.2) is 55.9 Å². The summed E-state index contributed by atoms with van der Waals surface area (Å²) in [6, 6.07) is 8.27. The normalized spacial score (nSPS) is 20.9. The summed E-state index contributed by atoms with van der Waals surface area (Å²) in [4.78, 5) is 15.4. The first-order valence-electron chi connectivity index (χ1n) is 8.91. The Morgan fingerprint density at radius 2 is 1.96 bits per heavy atom. The van der Waals surface area contributed by atoms with E-state index in [0.29, 0.717) is 6.54 Å². The molecule has 152 valence electrons. The second-order valence-corrected chi connectivity index (χ2v) is 10.3. The van der Waals surface area contributed by atoms with Crippen LogP contribution in [0.4, 0.5) is 0 Å². The number of benzene rings is 1. The second-order valence-electron chi connectivity index (χ2n) is 6.97. The van der Waals surface area contributed by atoms with Crippen molar-refractivity contribution in [3.8, 4) is 0 Å². The highest BCUT2D eigenvalue weighted by Crippen LogP contribution is 2.28. The van der Waals surface area contributed by atoms with Gasteiger partial charge in [0, 0.05) is 30.6 Å². The number of morpholine rings is 1. The van der Waals surface area contributed by atoms with Gasteiger partial charge in [0.25, 0.3) is 5.91 Å². The molecule has 1 aliphatic heterocycles. The Labute approximate surface area is 174 Å². The van der Waals surface area contributed by atoms with E-state index in [9.17, 15) is 13.2 Å². The molecular formula is C19H23ClN2O4S2. The van der Waals surface area contributed by atoms with Crippen LogP contribution in [0.2, 0.25) is 5.02 Å². The van der Waals surface area contributed by atoms with E-state index in [-0.39, 0.29) is 46.7 Å². The summed E-state index contributed by atoms with van der Waals surface area (Å²) in [6.45, 7) is 4.62. The topological polar surface area (TPSA) is 66.9 Å². The fraction of sp³-hybridized carbons (Fsp3) is 0.421. The molecule has 0 radical (unpaired) electrons. The lowest BCUT2D eigenvalue weighted by Crippen LogP contribution is -2.48. The summed E-state index contributed by atoms with van der Waals surface area (Å²) >= 11 is 7.78. The van der Waals surface area contributed by atoms with Crippen LogP contribution in [0.25, 0.3) is 0 Å². The third-order valence-electron chi connectivity index (χ3n) is 4.50. The molecule has 2 heterocycles. The van der Waals surface area contributed by atoms with Crippen molar-refractivity contribution in [1.82, 2.24) is 9.21 Å². The molecule has 1 fully saturated rings. The number of nitrogens with zero attached hydrogens (tertiary/aromatic N) is 2. The SMILES string of the molecule is C[C@@H]1CN(S(=O)(=O)c2cc(C(=O)N(C)Cc3cccs3)ccc2Cl)C[C@@H](C)O1. The smallest absolute Gasteiger partial charge is 0.253 e. The van der Waals surface area contributed by atoms with Crippen molar-refractivity contribution in [3.63, 3.8) is 0 Å². The zero-order chi connectivity index (χ0) is 20.5. The molecule has 0 aliphatic carbocycles. The number of amides is 1. The van der Waals surface area contributed by atoms with E-state index in [2.05, 4.69) is 0 Å². The fourth-order valence-electron chi connectivity index (χ4n) is 3.23. The van der Waals surface area contributed by atoms with Gasteiger partial charge in [0.15, 0.2) is 0 Å². The number of hydrogen-bond donors (Lipinski definition) is 0. The van der Waals surface area contributed by atoms with Gasteiger partial charge >= 0.3 is 0 Å². The van der Waals surface area contributed by atoms with E-state index >= 15 is 0 Å². The van der Waals surface area contributed by atoms with Gasteiger partial charge in [0.2, 0.25) is 10.0 Å². The minimum Gasteiger partial charge on any atom is -0.373 e. The van der Waals surface area contributed by atoms with Crippen molar-refractivity contribution >= 4 is 38.9 Å². The van der Waals surface area contributed by atoms with Crippen LogP contribution in [0, 0.1) is 0 Å². The average Bonchev–Trinajstić information content (AvgIpc) is 3.13. The molecule has 0 bridgehead atoms. The fourth-order valence-corrected chi connectivity index (χ4v) is 6.08. The molecule has 2 aromatic rings. The molecule has 0 spiro atoms. The third kappa shape index (κ3) is 4.58. The Balaban J connectivity index is 1.87. The molecule has 6 nitrogen and oxygen atoms in total. The Kier molecular flexibility index (Phi) is 6.46. The molecule has 0 saturated carbocycles. The molecule has 3 rings (SSSR count). The van der Waals surface area contributed by atoms with Gasteiger partial charge in [0.05, 0.1) is 23.8 Å². The van der Waals surface area contributed by atoms with Gasteiger partial charge in [-0.3, -0.25) is 4.79 Å². The lowest BCUT2D eigenvalue weighted by atomic mass is 10.2. The highest BCUT2D eigenvalue weighted by molar-refractivity contribution is 7.89. The van der Waals surface area contributed by atoms with E-state index in [1.807, 2.05) is 31.4 Å². The first-order valence-corrected chi connectivity index (χ1v) is 11.6. The largest absolute Gasteiger partial charge is 0.373 e. The van der Waals surface area contributed by atoms with Crippen LogP contribution in [0.5, 0.6) is 0 Å². The first kappa shape index (κ1) is 21.3. The first-order chi connectivity index (χ1) is 13.2. The quantitative estimate of drug-likeness (QED) is 0.711. The third-order valence-corrected chi connectivity index (χ3v) is 7.68. The van der Waals surface area contributed by atoms with Crippen LogP contribution < -0.4 is 0 Å². The maximum atomic E-state index is 13.2. The lowest BCUT2D eigenvalue weighted by Gasteiger charge is -2.34. The van der Waals surface area contributed by atoms with Crippen LogP contribution in [0.15, 0.2) is 40.6 Å². The van der Waals surface area contributed by atoms with Crippen LogP contribution in [0.3, 0.4) is 0 Å². The predicted molar refractivity (Wildman–Crippen MR) is 110 cm³/mol. The van der Waals surface area contributed by atoms with E-state index in [1.54, 1.807) is 29.4 Å². The highest BCUT2D eigenvalue weighted by Gasteiger charge is 2.34. The standard InChI is InChI=1S/C19H23ClN2O4S2/c1-13-10-22(11-14(2)26-13)28(24,25)18-9-15(6-7-17(18)20)19(23)21(3)12-16-5-4-8-27-16/h4-9,13-14H,10-12H2,1-3H3/t13-,14-/m1/s1. The number of carbonyl (C=O) groups is 1. The number of hydrogen-bond acceptors (Lipinski definition) is 5. The van der Waals surface area contributed by atoms with Crippen LogP contribution in [0.1, 0.15) is 29.1 Å². The van der Waals surface area contributed by atoms with Crippen LogP contribution >= 0.6 is 22.9 Å². The van der Waals surface area contributed by atoms with Crippen molar-refractivity contribution < 1.29 is 17.9 Å². The van der Waals surface area contributed by atoms with Crippen molar-refractivity contribution in [2.24, 2.45) is 0 Å². The number of halogens is 1. The maximum Gasteiger partial charge on any atom is 0.253 e. The van der Waals surface area contributed by atoms with Gasteiger partial charge in [-0.15, -0.1) is 11.3 Å². The minimum atomic E-state index is -3.84. The number of sulfonamides is 1. The maximum absolute atomic E-state index is 13.2. The number of rotatable bonds is 5. The summed E-state index contributed by atoms with van der Waals surface area (Å²) in [6.07, 6.45) is -0.418. The van der Waals surface area contributed by atoms with Gasteiger partial charge in [-0.1, -0.05) is 17.7 Å². The van der Waals surface area contributed by atoms with Crippen molar-refractivity contribution in [2.75, 3.05) is 20.1 Å². The van der Waals surface area contributed by atoms with E-state index in [1.165, 1.54) is 16.4 Å². The summed E-state index contributed by atoms with van der Waals surface area (Å²) in [7, 11) is -2.15. The van der Waals surface area contributed by atoms with Crippen molar-refractivity contribution in [3.05, 3.63) is 51.2 Å². The van der Waals surface area contributed by atoms with E-state index in [0.717, 1.165) is 4.88 Å². The van der Waals surface area contributed by atoms with Gasteiger partial charge in [-0.2, -0.15) is 4.31 Å². The zero-order valence-electron chi connectivity index (χ0n) is 16.0. The number of thiophene rings is 1. The molecule has 1 aliphatic rings. The summed E-state index contributed by atoms with van der Waals surface area (Å²) in [5, 5.41) is 2.05. The van der Waals surface area contributed by atoms with Crippen LogP contribution in [-0.2, 0) is 21.3 Å². The van der Waals surface area contributed by atoms with Gasteiger partial charge in [0.1, 0.15) is 4.90 Å². The van der Waals surface area contributed by atoms with E-state index in [4.69, 9.17) is 16.3 Å². The number of carbonyl (C=O) groups excluding carboxylic acids is 1. The molecule has 1 saturated heterocycles. The Bertz CT molecular complexity index is 937. The van der Waals surface area contributed by atoms with Crippen molar-refractivity contribution in [1.29, 1.82) is 0 Å². The molecule has 28 heavy (non-hydrogen) atoms. The molecule has 2 atom stereocenters. The second kappa shape index (κ2) is 8.51. The molecule has 0 unspecified atom stereocenters. The average molecular weight is 443 g/mol. The molecule has 0 N–H and O–H groups in total. The van der Waals surface area contributed by atoms with E-state index < -0.39 is 10.0 Å². The zero-order valence-corrected chi connectivity index (χ0v) is 18.4. The van der Waals surface area contributed by atoms with Gasteiger partial charge < -0.3 is 9.64 Å². The summed E-state index contributed by atoms with van der Waals surface area (Å²) in [5.74, 6) is -0.259. The molecule has 9 heteroatoms. The minimum absolute atomic E-state index is 0.0501. The van der Waals surface area contributed by atoms with Gasteiger partial charge in [-0.25, -0.2) is 8.42 Å².